The molecule has 0 radical (unpaired) electrons. The average Bonchev–Trinajstić information content (AvgIpc) is 2.95. The standard InChI is InChI=1S/C14H17N5OS/c20-14(13-9-19(17-16-13)11-6-15-7-11)18(10-3-4-10)8-12-2-1-5-21-12/h1-2,5,9-11,15H,3-4,6-8H2. The zero-order chi connectivity index (χ0) is 14.2. The van der Waals surface area contributed by atoms with Crippen LogP contribution >= 0.6 is 11.3 Å². The Morgan fingerprint density at radius 3 is 2.95 bits per heavy atom. The molecule has 0 atom stereocenters. The fourth-order valence-electron chi connectivity index (χ4n) is 2.48. The van der Waals surface area contributed by atoms with Crippen LogP contribution in [0.3, 0.4) is 0 Å². The summed E-state index contributed by atoms with van der Waals surface area (Å²) in [6.07, 6.45) is 3.98. The number of hydrogen-bond acceptors (Lipinski definition) is 5. The fourth-order valence-corrected chi connectivity index (χ4v) is 3.19. The number of hydrogen-bond donors (Lipinski definition) is 1. The summed E-state index contributed by atoms with van der Waals surface area (Å²) in [7, 11) is 0. The third kappa shape index (κ3) is 2.58. The summed E-state index contributed by atoms with van der Waals surface area (Å²) in [5.74, 6) is 0.00410. The summed E-state index contributed by atoms with van der Waals surface area (Å²) in [5, 5.41) is 13.4. The lowest BCUT2D eigenvalue weighted by atomic mass is 10.2. The van der Waals surface area contributed by atoms with E-state index in [4.69, 9.17) is 0 Å². The fraction of sp³-hybridized carbons (Fsp3) is 0.500. The molecule has 2 aromatic heterocycles. The van der Waals surface area contributed by atoms with E-state index in [1.807, 2.05) is 16.3 Å². The van der Waals surface area contributed by atoms with E-state index >= 15 is 0 Å². The van der Waals surface area contributed by atoms with Gasteiger partial charge in [0.2, 0.25) is 0 Å². The van der Waals surface area contributed by atoms with Gasteiger partial charge in [0.05, 0.1) is 18.8 Å². The first-order valence-electron chi connectivity index (χ1n) is 7.27. The highest BCUT2D eigenvalue weighted by Crippen LogP contribution is 2.30. The van der Waals surface area contributed by atoms with E-state index in [0.29, 0.717) is 24.3 Å². The highest BCUT2D eigenvalue weighted by atomic mass is 32.1. The summed E-state index contributed by atoms with van der Waals surface area (Å²) in [5.41, 5.74) is 0.463. The Kier molecular flexibility index (Phi) is 3.23. The third-order valence-corrected chi connectivity index (χ3v) is 4.88. The summed E-state index contributed by atoms with van der Waals surface area (Å²) in [6.45, 7) is 2.48. The molecule has 1 saturated heterocycles. The maximum Gasteiger partial charge on any atom is 0.276 e. The van der Waals surface area contributed by atoms with E-state index in [0.717, 1.165) is 25.9 Å². The minimum atomic E-state index is 0.00410. The van der Waals surface area contributed by atoms with Crippen molar-refractivity contribution < 1.29 is 4.79 Å². The van der Waals surface area contributed by atoms with Crippen LogP contribution in [-0.4, -0.2) is 44.9 Å². The van der Waals surface area contributed by atoms with Crippen molar-refractivity contribution in [3.8, 4) is 0 Å². The van der Waals surface area contributed by atoms with Gasteiger partial charge in [-0.25, -0.2) is 4.68 Å². The number of carbonyl (C=O) groups excluding carboxylic acids is 1. The van der Waals surface area contributed by atoms with Crippen molar-refractivity contribution in [3.63, 3.8) is 0 Å². The van der Waals surface area contributed by atoms with E-state index < -0.39 is 0 Å². The van der Waals surface area contributed by atoms with E-state index in [1.54, 1.807) is 22.2 Å². The summed E-state index contributed by atoms with van der Waals surface area (Å²) in [6, 6.07) is 4.81. The molecule has 3 heterocycles. The van der Waals surface area contributed by atoms with Crippen molar-refractivity contribution in [2.24, 2.45) is 0 Å². The van der Waals surface area contributed by atoms with Gasteiger partial charge >= 0.3 is 0 Å². The van der Waals surface area contributed by atoms with Crippen LogP contribution in [0.4, 0.5) is 0 Å². The quantitative estimate of drug-likeness (QED) is 0.904. The van der Waals surface area contributed by atoms with Crippen LogP contribution in [-0.2, 0) is 6.54 Å². The van der Waals surface area contributed by atoms with E-state index in [2.05, 4.69) is 21.7 Å². The van der Waals surface area contributed by atoms with Crippen molar-refractivity contribution in [2.45, 2.75) is 31.5 Å². The SMILES string of the molecule is O=C(c1cn(C2CNC2)nn1)N(Cc1cccs1)C1CC1. The molecule has 2 aliphatic rings. The van der Waals surface area contributed by atoms with Gasteiger partial charge in [0.15, 0.2) is 5.69 Å². The van der Waals surface area contributed by atoms with Gasteiger partial charge in [-0.3, -0.25) is 4.79 Å². The Morgan fingerprint density at radius 1 is 1.48 bits per heavy atom. The molecule has 6 nitrogen and oxygen atoms in total. The molecular weight excluding hydrogens is 286 g/mol. The number of rotatable bonds is 5. The van der Waals surface area contributed by atoms with Crippen molar-refractivity contribution in [3.05, 3.63) is 34.3 Å². The predicted octanol–water partition coefficient (Wildman–Crippen LogP) is 1.29. The van der Waals surface area contributed by atoms with Crippen molar-refractivity contribution in [1.82, 2.24) is 25.2 Å². The van der Waals surface area contributed by atoms with E-state index in [9.17, 15) is 4.79 Å². The van der Waals surface area contributed by atoms with E-state index in [-0.39, 0.29) is 5.91 Å². The van der Waals surface area contributed by atoms with Crippen LogP contribution in [0.25, 0.3) is 0 Å². The molecule has 1 aliphatic heterocycles. The normalized spacial score (nSPS) is 18.5. The van der Waals surface area contributed by atoms with Gasteiger partial charge in [0, 0.05) is 24.0 Å². The Labute approximate surface area is 126 Å². The topological polar surface area (TPSA) is 63.1 Å². The van der Waals surface area contributed by atoms with Crippen LogP contribution in [0.2, 0.25) is 0 Å². The Bertz CT molecular complexity index is 630. The molecule has 0 unspecified atom stereocenters. The molecule has 1 N–H and O–H groups in total. The largest absolute Gasteiger partial charge is 0.329 e. The first kappa shape index (κ1) is 13.0. The highest BCUT2D eigenvalue weighted by Gasteiger charge is 2.34. The predicted molar refractivity (Wildman–Crippen MR) is 79.1 cm³/mol. The van der Waals surface area contributed by atoms with Gasteiger partial charge < -0.3 is 10.2 Å². The first-order chi connectivity index (χ1) is 10.3. The van der Waals surface area contributed by atoms with Crippen LogP contribution in [0.1, 0.15) is 34.2 Å². The zero-order valence-corrected chi connectivity index (χ0v) is 12.4. The maximum atomic E-state index is 12.7. The smallest absolute Gasteiger partial charge is 0.276 e. The van der Waals surface area contributed by atoms with Crippen LogP contribution in [0, 0.1) is 0 Å². The molecule has 7 heteroatoms. The summed E-state index contributed by atoms with van der Waals surface area (Å²) in [4.78, 5) is 15.9. The number of carbonyl (C=O) groups is 1. The van der Waals surface area contributed by atoms with Crippen molar-refractivity contribution >= 4 is 17.2 Å². The summed E-state index contributed by atoms with van der Waals surface area (Å²) >= 11 is 1.69. The van der Waals surface area contributed by atoms with Gasteiger partial charge in [-0.15, -0.1) is 16.4 Å². The molecule has 4 rings (SSSR count). The van der Waals surface area contributed by atoms with Crippen molar-refractivity contribution in [1.29, 1.82) is 0 Å². The Balaban J connectivity index is 1.51. The Hall–Kier alpha value is -1.73. The average molecular weight is 303 g/mol. The molecule has 0 spiro atoms. The number of nitrogens with zero attached hydrogens (tertiary/aromatic N) is 4. The molecule has 1 aliphatic carbocycles. The van der Waals surface area contributed by atoms with Gasteiger partial charge in [0.25, 0.3) is 5.91 Å². The number of aromatic nitrogens is 3. The Morgan fingerprint density at radius 2 is 2.33 bits per heavy atom. The number of nitrogens with one attached hydrogen (secondary N) is 1. The molecule has 1 amide bonds. The van der Waals surface area contributed by atoms with Gasteiger partial charge in [-0.2, -0.15) is 0 Å². The second-order valence-corrected chi connectivity index (χ2v) is 6.67. The maximum absolute atomic E-state index is 12.7. The molecule has 2 aromatic rings. The molecule has 21 heavy (non-hydrogen) atoms. The molecular formula is C14H17N5OS. The number of thiophene rings is 1. The van der Waals surface area contributed by atoms with Crippen LogP contribution < -0.4 is 5.32 Å². The molecule has 0 aromatic carbocycles. The van der Waals surface area contributed by atoms with Crippen LogP contribution in [0.15, 0.2) is 23.7 Å². The molecule has 2 fully saturated rings. The third-order valence-electron chi connectivity index (χ3n) is 4.02. The van der Waals surface area contributed by atoms with E-state index in [1.165, 1.54) is 4.88 Å². The lowest BCUT2D eigenvalue weighted by molar-refractivity contribution is 0.0725. The second-order valence-electron chi connectivity index (χ2n) is 5.64. The second kappa shape index (κ2) is 5.23. The van der Waals surface area contributed by atoms with Gasteiger partial charge in [-0.1, -0.05) is 11.3 Å². The molecule has 1 saturated carbocycles. The van der Waals surface area contributed by atoms with Crippen molar-refractivity contribution in [2.75, 3.05) is 13.1 Å². The summed E-state index contributed by atoms with van der Waals surface area (Å²) < 4.78 is 1.81. The minimum absolute atomic E-state index is 0.00410. The minimum Gasteiger partial charge on any atom is -0.329 e. The van der Waals surface area contributed by atoms with Crippen LogP contribution in [0.5, 0.6) is 0 Å². The zero-order valence-electron chi connectivity index (χ0n) is 11.6. The molecule has 0 bridgehead atoms. The number of amides is 1. The van der Waals surface area contributed by atoms with Gasteiger partial charge in [0.1, 0.15) is 0 Å². The first-order valence-corrected chi connectivity index (χ1v) is 8.15. The highest BCUT2D eigenvalue weighted by molar-refractivity contribution is 7.09. The molecule has 110 valence electrons. The van der Waals surface area contributed by atoms with Gasteiger partial charge in [-0.05, 0) is 24.3 Å². The lowest BCUT2D eigenvalue weighted by Gasteiger charge is -2.26. The monoisotopic (exact) mass is 303 g/mol. The lowest BCUT2D eigenvalue weighted by Crippen LogP contribution is -2.43.